The van der Waals surface area contributed by atoms with Gasteiger partial charge in [0.25, 0.3) is 0 Å². The first-order chi connectivity index (χ1) is 6.33. The van der Waals surface area contributed by atoms with Crippen LogP contribution in [-0.4, -0.2) is 21.8 Å². The van der Waals surface area contributed by atoms with Crippen molar-refractivity contribution in [3.05, 3.63) is 18.4 Å². The Labute approximate surface area is 75.4 Å². The van der Waals surface area contributed by atoms with E-state index in [4.69, 9.17) is 4.42 Å². The van der Waals surface area contributed by atoms with Crippen LogP contribution >= 0.6 is 0 Å². The molecule has 2 heterocycles. The van der Waals surface area contributed by atoms with E-state index in [2.05, 4.69) is 15.5 Å². The van der Waals surface area contributed by atoms with Crippen molar-refractivity contribution < 1.29 is 4.42 Å². The normalized spacial score (nSPS) is 10.3. The van der Waals surface area contributed by atoms with E-state index in [9.17, 15) is 0 Å². The van der Waals surface area contributed by atoms with Gasteiger partial charge >= 0.3 is 0 Å². The maximum Gasteiger partial charge on any atom is 0.224 e. The largest absolute Gasteiger partial charge is 0.461 e. The van der Waals surface area contributed by atoms with Crippen molar-refractivity contribution >= 4 is 5.95 Å². The molecule has 5 heteroatoms. The number of furan rings is 1. The van der Waals surface area contributed by atoms with E-state index in [1.54, 1.807) is 13.3 Å². The summed E-state index contributed by atoms with van der Waals surface area (Å²) in [6, 6.07) is 3.67. The summed E-state index contributed by atoms with van der Waals surface area (Å²) >= 11 is 0. The summed E-state index contributed by atoms with van der Waals surface area (Å²) in [6.45, 7) is 0. The van der Waals surface area contributed by atoms with Crippen LogP contribution in [0.15, 0.2) is 22.8 Å². The Balaban J connectivity index is 2.48. The van der Waals surface area contributed by atoms with E-state index in [0.717, 1.165) is 5.76 Å². The summed E-state index contributed by atoms with van der Waals surface area (Å²) in [6.07, 6.45) is 1.61. The highest BCUT2D eigenvalue weighted by atomic mass is 16.3. The van der Waals surface area contributed by atoms with Crippen LogP contribution in [0.1, 0.15) is 0 Å². The second-order valence-corrected chi connectivity index (χ2v) is 2.63. The fourth-order valence-corrected chi connectivity index (χ4v) is 1.17. The van der Waals surface area contributed by atoms with Gasteiger partial charge in [-0.1, -0.05) is 0 Å². The summed E-state index contributed by atoms with van der Waals surface area (Å²) in [4.78, 5) is 0. The van der Waals surface area contributed by atoms with Crippen LogP contribution < -0.4 is 5.32 Å². The lowest BCUT2D eigenvalue weighted by Gasteiger charge is -1.99. The van der Waals surface area contributed by atoms with Crippen LogP contribution in [0.2, 0.25) is 0 Å². The van der Waals surface area contributed by atoms with Gasteiger partial charge in [-0.25, -0.2) is 0 Å². The predicted octanol–water partition coefficient (Wildman–Crippen LogP) is 1.12. The quantitative estimate of drug-likeness (QED) is 0.748. The molecule has 0 aliphatic carbocycles. The second kappa shape index (κ2) is 2.93. The minimum absolute atomic E-state index is 0.714. The van der Waals surface area contributed by atoms with Gasteiger partial charge in [0.15, 0.2) is 5.76 Å². The molecule has 0 atom stereocenters. The monoisotopic (exact) mass is 178 g/mol. The number of hydrogen-bond donors (Lipinski definition) is 1. The van der Waals surface area contributed by atoms with Crippen molar-refractivity contribution in [2.45, 2.75) is 0 Å². The zero-order valence-electron chi connectivity index (χ0n) is 7.48. The van der Waals surface area contributed by atoms with Crippen molar-refractivity contribution in [2.24, 2.45) is 7.05 Å². The molecular formula is C8H10N4O. The third kappa shape index (κ3) is 1.18. The van der Waals surface area contributed by atoms with Crippen LogP contribution in [-0.2, 0) is 7.05 Å². The molecule has 2 aromatic heterocycles. The summed E-state index contributed by atoms with van der Waals surface area (Å²) in [5.41, 5.74) is 0. The SMILES string of the molecule is CNc1nnc(-c2ccco2)n1C. The maximum atomic E-state index is 5.21. The van der Waals surface area contributed by atoms with E-state index in [1.165, 1.54) is 0 Å². The second-order valence-electron chi connectivity index (χ2n) is 2.63. The van der Waals surface area contributed by atoms with Crippen LogP contribution in [0.25, 0.3) is 11.6 Å². The number of aromatic nitrogens is 3. The Kier molecular flexibility index (Phi) is 1.77. The number of nitrogens with one attached hydrogen (secondary N) is 1. The molecule has 0 unspecified atom stereocenters. The smallest absolute Gasteiger partial charge is 0.224 e. The lowest BCUT2D eigenvalue weighted by atomic mass is 10.4. The molecule has 0 saturated carbocycles. The first-order valence-electron chi connectivity index (χ1n) is 3.94. The topological polar surface area (TPSA) is 55.9 Å². The van der Waals surface area contributed by atoms with Gasteiger partial charge in [-0.15, -0.1) is 10.2 Å². The fraction of sp³-hybridized carbons (Fsp3) is 0.250. The Hall–Kier alpha value is -1.78. The molecule has 0 saturated heterocycles. The fourth-order valence-electron chi connectivity index (χ4n) is 1.17. The van der Waals surface area contributed by atoms with Gasteiger partial charge < -0.3 is 9.73 Å². The average molecular weight is 178 g/mol. The van der Waals surface area contributed by atoms with Crippen molar-refractivity contribution in [1.82, 2.24) is 14.8 Å². The van der Waals surface area contributed by atoms with Gasteiger partial charge in [-0.2, -0.15) is 0 Å². The standard InChI is InChI=1S/C8H10N4O/c1-9-8-11-10-7(12(8)2)6-4-3-5-13-6/h3-5H,1-2H3,(H,9,11). The Morgan fingerprint density at radius 2 is 2.31 bits per heavy atom. The maximum absolute atomic E-state index is 5.21. The summed E-state index contributed by atoms with van der Waals surface area (Å²) in [5.74, 6) is 2.15. The zero-order valence-corrected chi connectivity index (χ0v) is 7.48. The number of hydrogen-bond acceptors (Lipinski definition) is 4. The summed E-state index contributed by atoms with van der Waals surface area (Å²) in [7, 11) is 3.68. The minimum Gasteiger partial charge on any atom is -0.461 e. The molecule has 68 valence electrons. The lowest BCUT2D eigenvalue weighted by Crippen LogP contribution is -1.99. The Morgan fingerprint density at radius 1 is 1.46 bits per heavy atom. The van der Waals surface area contributed by atoms with E-state index in [1.807, 2.05) is 23.7 Å². The molecule has 0 aliphatic heterocycles. The van der Waals surface area contributed by atoms with E-state index >= 15 is 0 Å². The molecule has 2 rings (SSSR count). The molecule has 0 amide bonds. The first kappa shape index (κ1) is 7.85. The molecule has 0 fully saturated rings. The molecule has 13 heavy (non-hydrogen) atoms. The molecule has 2 aromatic rings. The first-order valence-corrected chi connectivity index (χ1v) is 3.94. The van der Waals surface area contributed by atoms with Crippen LogP contribution in [0, 0.1) is 0 Å². The van der Waals surface area contributed by atoms with Gasteiger partial charge in [-0.05, 0) is 12.1 Å². The average Bonchev–Trinajstić information content (AvgIpc) is 2.72. The van der Waals surface area contributed by atoms with Crippen LogP contribution in [0.4, 0.5) is 5.95 Å². The molecule has 0 aliphatic rings. The number of anilines is 1. The molecule has 0 bridgehead atoms. The van der Waals surface area contributed by atoms with Crippen molar-refractivity contribution in [3.8, 4) is 11.6 Å². The molecule has 0 spiro atoms. The minimum atomic E-state index is 0.714. The molecule has 0 radical (unpaired) electrons. The highest BCUT2D eigenvalue weighted by Crippen LogP contribution is 2.18. The van der Waals surface area contributed by atoms with Gasteiger partial charge in [0.05, 0.1) is 6.26 Å². The highest BCUT2D eigenvalue weighted by molar-refractivity contribution is 5.49. The predicted molar refractivity (Wildman–Crippen MR) is 48.3 cm³/mol. The molecule has 1 N–H and O–H groups in total. The van der Waals surface area contributed by atoms with E-state index < -0.39 is 0 Å². The highest BCUT2D eigenvalue weighted by Gasteiger charge is 2.10. The Bertz CT molecular complexity index is 390. The van der Waals surface area contributed by atoms with Crippen molar-refractivity contribution in [1.29, 1.82) is 0 Å². The molecular weight excluding hydrogens is 168 g/mol. The summed E-state index contributed by atoms with van der Waals surface area (Å²) < 4.78 is 7.04. The van der Waals surface area contributed by atoms with E-state index in [-0.39, 0.29) is 0 Å². The van der Waals surface area contributed by atoms with Crippen LogP contribution in [0.3, 0.4) is 0 Å². The summed E-state index contributed by atoms with van der Waals surface area (Å²) in [5, 5.41) is 10.8. The third-order valence-corrected chi connectivity index (χ3v) is 1.84. The number of nitrogens with zero attached hydrogens (tertiary/aromatic N) is 3. The number of rotatable bonds is 2. The van der Waals surface area contributed by atoms with Gasteiger partial charge in [-0.3, -0.25) is 4.57 Å². The van der Waals surface area contributed by atoms with Gasteiger partial charge in [0, 0.05) is 14.1 Å². The van der Waals surface area contributed by atoms with Crippen molar-refractivity contribution in [2.75, 3.05) is 12.4 Å². The van der Waals surface area contributed by atoms with E-state index in [0.29, 0.717) is 11.8 Å². The third-order valence-electron chi connectivity index (χ3n) is 1.84. The molecule has 0 aromatic carbocycles. The van der Waals surface area contributed by atoms with Crippen LogP contribution in [0.5, 0.6) is 0 Å². The zero-order chi connectivity index (χ0) is 9.26. The molecule has 5 nitrogen and oxygen atoms in total. The Morgan fingerprint density at radius 3 is 2.85 bits per heavy atom. The van der Waals surface area contributed by atoms with Gasteiger partial charge in [0.2, 0.25) is 11.8 Å². The lowest BCUT2D eigenvalue weighted by molar-refractivity contribution is 0.574. The van der Waals surface area contributed by atoms with Crippen molar-refractivity contribution in [3.63, 3.8) is 0 Å². The van der Waals surface area contributed by atoms with Gasteiger partial charge in [0.1, 0.15) is 0 Å².